The summed E-state index contributed by atoms with van der Waals surface area (Å²) in [6.45, 7) is 4.02. The molecule has 0 fully saturated rings. The number of carbonyl (C=O) groups is 1. The molecule has 0 aliphatic rings. The van der Waals surface area contributed by atoms with E-state index in [0.717, 1.165) is 0 Å². The number of methoxy groups -OCH3 is 1. The minimum Gasteiger partial charge on any atom is -0.385 e. The molecule has 0 saturated carbocycles. The van der Waals surface area contributed by atoms with Crippen LogP contribution >= 0.6 is 10.7 Å². The van der Waals surface area contributed by atoms with Gasteiger partial charge in [0.1, 0.15) is 4.90 Å². The molecule has 7 nitrogen and oxygen atoms in total. The monoisotopic (exact) mass is 323 g/mol. The van der Waals surface area contributed by atoms with Gasteiger partial charge in [0.15, 0.2) is 5.69 Å². The maximum absolute atomic E-state index is 12.1. The Balaban J connectivity index is 2.97. The Labute approximate surface area is 122 Å². The van der Waals surface area contributed by atoms with E-state index in [0.29, 0.717) is 25.1 Å². The van der Waals surface area contributed by atoms with E-state index in [2.05, 4.69) is 15.5 Å². The highest BCUT2D eigenvalue weighted by Crippen LogP contribution is 2.23. The number of nitrogens with one attached hydrogen (secondary N) is 2. The van der Waals surface area contributed by atoms with E-state index in [1.807, 2.05) is 0 Å². The van der Waals surface area contributed by atoms with E-state index >= 15 is 0 Å². The highest BCUT2D eigenvalue weighted by Gasteiger charge is 2.28. The molecule has 1 aromatic heterocycles. The van der Waals surface area contributed by atoms with Gasteiger partial charge in [-0.2, -0.15) is 5.10 Å². The minimum atomic E-state index is -4.04. The van der Waals surface area contributed by atoms with E-state index in [1.54, 1.807) is 21.0 Å². The molecule has 1 rings (SSSR count). The first-order chi connectivity index (χ1) is 9.31. The molecule has 1 unspecified atom stereocenters. The van der Waals surface area contributed by atoms with Crippen molar-refractivity contribution < 1.29 is 17.9 Å². The van der Waals surface area contributed by atoms with Crippen LogP contribution in [0.15, 0.2) is 4.90 Å². The molecule has 2 N–H and O–H groups in total. The van der Waals surface area contributed by atoms with E-state index in [9.17, 15) is 13.2 Å². The van der Waals surface area contributed by atoms with E-state index in [-0.39, 0.29) is 16.6 Å². The Morgan fingerprint density at radius 2 is 2.20 bits per heavy atom. The first kappa shape index (κ1) is 16.9. The summed E-state index contributed by atoms with van der Waals surface area (Å²) in [6.07, 6.45) is 0.983. The van der Waals surface area contributed by atoms with Gasteiger partial charge in [0.05, 0.1) is 5.69 Å². The average molecular weight is 324 g/mol. The van der Waals surface area contributed by atoms with Crippen LogP contribution in [0.3, 0.4) is 0 Å². The topological polar surface area (TPSA) is 101 Å². The predicted octanol–water partition coefficient (Wildman–Crippen LogP) is 1.05. The third-order valence-electron chi connectivity index (χ3n) is 2.74. The Morgan fingerprint density at radius 3 is 2.70 bits per heavy atom. The van der Waals surface area contributed by atoms with Gasteiger partial charge in [0.2, 0.25) is 0 Å². The SMILES string of the molecule is CCc1[nH]nc(C(=O)NC(C)CCOC)c1S(=O)(=O)Cl. The third kappa shape index (κ3) is 4.19. The van der Waals surface area contributed by atoms with Crippen LogP contribution in [0.4, 0.5) is 0 Å². The van der Waals surface area contributed by atoms with Crippen molar-refractivity contribution in [3.63, 3.8) is 0 Å². The lowest BCUT2D eigenvalue weighted by Crippen LogP contribution is -2.34. The van der Waals surface area contributed by atoms with Crippen LogP contribution in [-0.4, -0.2) is 44.3 Å². The lowest BCUT2D eigenvalue weighted by atomic mass is 10.2. The van der Waals surface area contributed by atoms with Crippen molar-refractivity contribution in [3.8, 4) is 0 Å². The van der Waals surface area contributed by atoms with Crippen LogP contribution in [0.25, 0.3) is 0 Å². The number of ether oxygens (including phenoxy) is 1. The highest BCUT2D eigenvalue weighted by atomic mass is 35.7. The van der Waals surface area contributed by atoms with Crippen LogP contribution in [0, 0.1) is 0 Å². The zero-order valence-corrected chi connectivity index (χ0v) is 13.1. The summed E-state index contributed by atoms with van der Waals surface area (Å²) in [5.74, 6) is -0.580. The molecule has 0 aliphatic heterocycles. The highest BCUT2D eigenvalue weighted by molar-refractivity contribution is 8.13. The molecule has 0 radical (unpaired) electrons. The number of amides is 1. The first-order valence-corrected chi connectivity index (χ1v) is 8.43. The molecule has 1 heterocycles. The van der Waals surface area contributed by atoms with Gasteiger partial charge in [0.25, 0.3) is 15.0 Å². The molecule has 0 bridgehead atoms. The van der Waals surface area contributed by atoms with Crippen molar-refractivity contribution in [3.05, 3.63) is 11.4 Å². The largest absolute Gasteiger partial charge is 0.385 e. The van der Waals surface area contributed by atoms with Crippen molar-refractivity contribution in [2.45, 2.75) is 37.6 Å². The maximum Gasteiger partial charge on any atom is 0.273 e. The summed E-state index contributed by atoms with van der Waals surface area (Å²) in [6, 6.07) is -0.171. The van der Waals surface area contributed by atoms with Gasteiger partial charge in [-0.3, -0.25) is 9.89 Å². The third-order valence-corrected chi connectivity index (χ3v) is 4.13. The number of rotatable bonds is 7. The number of nitrogens with zero attached hydrogens (tertiary/aromatic N) is 1. The summed E-state index contributed by atoms with van der Waals surface area (Å²) in [5, 5.41) is 8.94. The second-order valence-corrected chi connectivity index (χ2v) is 6.83. The fourth-order valence-corrected chi connectivity index (χ4v) is 3.04. The molecular weight excluding hydrogens is 306 g/mol. The van der Waals surface area contributed by atoms with Crippen molar-refractivity contribution >= 4 is 25.6 Å². The van der Waals surface area contributed by atoms with Crippen molar-refractivity contribution in [1.82, 2.24) is 15.5 Å². The van der Waals surface area contributed by atoms with E-state index in [4.69, 9.17) is 15.4 Å². The van der Waals surface area contributed by atoms with Crippen molar-refractivity contribution in [1.29, 1.82) is 0 Å². The normalized spacial score (nSPS) is 13.2. The van der Waals surface area contributed by atoms with Crippen molar-refractivity contribution in [2.75, 3.05) is 13.7 Å². The zero-order chi connectivity index (χ0) is 15.3. The molecule has 0 spiro atoms. The Kier molecular flexibility index (Phi) is 5.97. The molecule has 0 saturated heterocycles. The van der Waals surface area contributed by atoms with Crippen LogP contribution < -0.4 is 5.32 Å². The molecule has 1 atom stereocenters. The van der Waals surface area contributed by atoms with Gasteiger partial charge in [-0.1, -0.05) is 6.92 Å². The maximum atomic E-state index is 12.1. The number of H-pyrrole nitrogens is 1. The second kappa shape index (κ2) is 7.05. The summed E-state index contributed by atoms with van der Waals surface area (Å²) in [7, 11) is 2.89. The summed E-state index contributed by atoms with van der Waals surface area (Å²) >= 11 is 0. The Bertz CT molecular complexity index is 570. The number of hydrogen-bond donors (Lipinski definition) is 2. The molecule has 0 aromatic carbocycles. The Morgan fingerprint density at radius 1 is 1.55 bits per heavy atom. The van der Waals surface area contributed by atoms with Crippen LogP contribution in [0.2, 0.25) is 0 Å². The number of carbonyl (C=O) groups excluding carboxylic acids is 1. The zero-order valence-electron chi connectivity index (χ0n) is 11.6. The molecule has 1 aromatic rings. The summed E-state index contributed by atoms with van der Waals surface area (Å²) in [4.78, 5) is 11.8. The Hall–Kier alpha value is -1.12. The van der Waals surface area contributed by atoms with E-state index in [1.165, 1.54) is 0 Å². The second-order valence-electron chi connectivity index (χ2n) is 4.33. The number of aromatic nitrogens is 2. The first-order valence-electron chi connectivity index (χ1n) is 6.12. The fourth-order valence-electron chi connectivity index (χ4n) is 1.68. The van der Waals surface area contributed by atoms with Gasteiger partial charge in [-0.25, -0.2) is 8.42 Å². The molecule has 114 valence electrons. The van der Waals surface area contributed by atoms with Crippen LogP contribution in [-0.2, 0) is 20.2 Å². The fraction of sp³-hybridized carbons (Fsp3) is 0.636. The average Bonchev–Trinajstić information content (AvgIpc) is 2.80. The minimum absolute atomic E-state index is 0.171. The molecule has 20 heavy (non-hydrogen) atoms. The number of aryl methyl sites for hydroxylation is 1. The summed E-state index contributed by atoms with van der Waals surface area (Å²) in [5.41, 5.74) is 0.107. The van der Waals surface area contributed by atoms with Crippen LogP contribution in [0.1, 0.15) is 36.5 Å². The van der Waals surface area contributed by atoms with Crippen molar-refractivity contribution in [2.24, 2.45) is 0 Å². The molecule has 1 amide bonds. The molecule has 9 heteroatoms. The standard InChI is InChI=1S/C11H18ClN3O4S/c1-4-8-10(20(12,17)18)9(15-14-8)11(16)13-7(2)5-6-19-3/h7H,4-6H2,1-3H3,(H,13,16)(H,14,15). The molecule has 0 aliphatic carbocycles. The van der Waals surface area contributed by atoms with Gasteiger partial charge in [-0.15, -0.1) is 0 Å². The number of aromatic amines is 1. The predicted molar refractivity (Wildman–Crippen MR) is 74.4 cm³/mol. The smallest absolute Gasteiger partial charge is 0.273 e. The van der Waals surface area contributed by atoms with Gasteiger partial charge in [-0.05, 0) is 19.8 Å². The summed E-state index contributed by atoms with van der Waals surface area (Å²) < 4.78 is 28.0. The van der Waals surface area contributed by atoms with Gasteiger partial charge >= 0.3 is 0 Å². The van der Waals surface area contributed by atoms with Gasteiger partial charge < -0.3 is 10.1 Å². The van der Waals surface area contributed by atoms with Gasteiger partial charge in [0, 0.05) is 30.4 Å². The molecular formula is C11H18ClN3O4S. The lowest BCUT2D eigenvalue weighted by molar-refractivity contribution is 0.0921. The number of halogens is 1. The van der Waals surface area contributed by atoms with Crippen LogP contribution in [0.5, 0.6) is 0 Å². The van der Waals surface area contributed by atoms with E-state index < -0.39 is 15.0 Å². The number of hydrogen-bond acceptors (Lipinski definition) is 5. The lowest BCUT2D eigenvalue weighted by Gasteiger charge is -2.12. The quantitative estimate of drug-likeness (QED) is 0.730.